The van der Waals surface area contributed by atoms with Crippen LogP contribution in [0.5, 0.6) is 0 Å². The fourth-order valence-corrected chi connectivity index (χ4v) is 12.9. The molecule has 0 amide bonds. The van der Waals surface area contributed by atoms with E-state index in [0.717, 1.165) is 135 Å². The highest BCUT2D eigenvalue weighted by Gasteiger charge is 2.29. The smallest absolute Gasteiger partial charge is 0.463 e. The molecular formula is C93H156O16P2. The molecule has 0 aliphatic heterocycles. The van der Waals surface area contributed by atoms with Crippen LogP contribution >= 0.6 is 15.6 Å². The van der Waals surface area contributed by atoms with Crippen molar-refractivity contribution in [2.75, 3.05) is 39.6 Å². The Bertz CT molecular complexity index is 2700. The molecule has 0 aliphatic rings. The van der Waals surface area contributed by atoms with Crippen molar-refractivity contribution < 1.29 is 75.8 Å². The Balaban J connectivity index is 4.58. The maximum Gasteiger partial charge on any atom is 0.472 e. The van der Waals surface area contributed by atoms with Crippen molar-refractivity contribution >= 4 is 33.6 Å². The Kier molecular flexibility index (Phi) is 80.4. The standard InChI is InChI=1S/C93H156O16P2/c1-4-7-10-13-16-19-22-25-28-31-34-36-38-39-40-41-42-43-44-45-46-47-49-51-53-55-58-61-64-67-70-73-76-79-91(96)103-82-88(94)83-105-110(99,100)106-84-89(95)85-107-111(101,102)108-87-90(109-93(98)81-78-75-72-69-66-63-60-57-52-33-30-27-24-21-18-15-12-9-6-3)86-104-92(97)80-77-74-71-68-65-62-59-56-54-50-48-37-35-32-29-26-23-20-17-14-11-8-5-2/h9,12,16-21,25-30,34-37,39-40,50,52,54,57,63,66,72,75,88-90,94-95H,4-8,10-11,13-15,22-24,31-33,38,41-49,51,53,55-56,58-62,64-65,67-71,73-74,76-87H2,1-3H3,(H,99,100)(H,101,102)/b12-9-,19-16-,20-17-,21-18-,28-25-,29-26-,30-27-,36-34-,37-35-,40-39-,54-50-,57-52-,66-63-,75-72-. The summed E-state index contributed by atoms with van der Waals surface area (Å²) >= 11 is 0. The molecule has 0 saturated carbocycles. The van der Waals surface area contributed by atoms with Crippen LogP contribution in [0.4, 0.5) is 0 Å². The molecule has 16 nitrogen and oxygen atoms in total. The van der Waals surface area contributed by atoms with E-state index in [1.54, 1.807) is 0 Å². The van der Waals surface area contributed by atoms with Gasteiger partial charge in [0.2, 0.25) is 0 Å². The van der Waals surface area contributed by atoms with Crippen LogP contribution in [0.1, 0.15) is 342 Å². The highest BCUT2D eigenvalue weighted by Crippen LogP contribution is 2.45. The number of hydrogen-bond donors (Lipinski definition) is 4. The summed E-state index contributed by atoms with van der Waals surface area (Å²) < 4.78 is 61.2. The van der Waals surface area contributed by atoms with Gasteiger partial charge in [-0.15, -0.1) is 0 Å². The van der Waals surface area contributed by atoms with Crippen LogP contribution in [-0.4, -0.2) is 95.9 Å². The quantitative estimate of drug-likeness (QED) is 0.0146. The molecule has 634 valence electrons. The van der Waals surface area contributed by atoms with Gasteiger partial charge in [-0.05, 0) is 148 Å². The number of carbonyl (C=O) groups excluding carboxylic acids is 3. The minimum absolute atomic E-state index is 0.0286. The van der Waals surface area contributed by atoms with Gasteiger partial charge in [-0.2, -0.15) is 0 Å². The third kappa shape index (κ3) is 85.6. The Labute approximate surface area is 675 Å². The number of unbranched alkanes of at least 4 members (excludes halogenated alkanes) is 30. The van der Waals surface area contributed by atoms with Gasteiger partial charge >= 0.3 is 33.6 Å². The van der Waals surface area contributed by atoms with Crippen molar-refractivity contribution in [3.8, 4) is 0 Å². The zero-order chi connectivity index (χ0) is 80.8. The van der Waals surface area contributed by atoms with Gasteiger partial charge in [0.15, 0.2) is 6.10 Å². The van der Waals surface area contributed by atoms with E-state index in [4.69, 9.17) is 32.3 Å². The normalized spacial score (nSPS) is 14.7. The molecule has 0 aromatic rings. The Morgan fingerprint density at radius 2 is 0.495 bits per heavy atom. The summed E-state index contributed by atoms with van der Waals surface area (Å²) in [5.41, 5.74) is 0. The predicted octanol–water partition coefficient (Wildman–Crippen LogP) is 26.3. The number of ether oxygens (including phenoxy) is 3. The summed E-state index contributed by atoms with van der Waals surface area (Å²) in [6.45, 7) is 2.42. The van der Waals surface area contributed by atoms with E-state index < -0.39 is 91.5 Å². The zero-order valence-corrected chi connectivity index (χ0v) is 71.4. The second kappa shape index (κ2) is 84.3. The van der Waals surface area contributed by atoms with E-state index in [2.05, 4.69) is 173 Å². The van der Waals surface area contributed by atoms with Crippen LogP contribution in [0.15, 0.2) is 170 Å². The monoisotopic (exact) mass is 1590 g/mol. The van der Waals surface area contributed by atoms with Crippen LogP contribution in [-0.2, 0) is 55.8 Å². The van der Waals surface area contributed by atoms with Crippen molar-refractivity contribution in [3.63, 3.8) is 0 Å². The number of carbonyl (C=O) groups is 3. The van der Waals surface area contributed by atoms with Gasteiger partial charge in [-0.3, -0.25) is 32.5 Å². The van der Waals surface area contributed by atoms with Gasteiger partial charge in [-0.1, -0.05) is 345 Å². The largest absolute Gasteiger partial charge is 0.472 e. The van der Waals surface area contributed by atoms with Crippen LogP contribution in [0.3, 0.4) is 0 Å². The second-order valence-electron chi connectivity index (χ2n) is 28.6. The highest BCUT2D eigenvalue weighted by atomic mass is 31.2. The number of phosphoric acid groups is 2. The first-order valence-corrected chi connectivity index (χ1v) is 46.4. The number of aliphatic hydroxyl groups is 2. The molecular weight excluding hydrogens is 1430 g/mol. The summed E-state index contributed by atoms with van der Waals surface area (Å²) in [7, 11) is -9.84. The number of aliphatic hydroxyl groups excluding tert-OH is 2. The van der Waals surface area contributed by atoms with Crippen LogP contribution in [0, 0.1) is 0 Å². The number of hydrogen-bond acceptors (Lipinski definition) is 14. The molecule has 0 saturated heterocycles. The Morgan fingerprint density at radius 1 is 0.261 bits per heavy atom. The first-order chi connectivity index (χ1) is 54.2. The average Bonchev–Trinajstić information content (AvgIpc) is 0.582. The molecule has 0 heterocycles. The third-order valence-electron chi connectivity index (χ3n) is 17.9. The van der Waals surface area contributed by atoms with E-state index in [0.29, 0.717) is 25.7 Å². The second-order valence-corrected chi connectivity index (χ2v) is 31.5. The van der Waals surface area contributed by atoms with Crippen molar-refractivity contribution in [2.45, 2.75) is 360 Å². The van der Waals surface area contributed by atoms with E-state index in [-0.39, 0.29) is 19.3 Å². The van der Waals surface area contributed by atoms with Gasteiger partial charge in [0, 0.05) is 19.3 Å². The molecule has 4 N–H and O–H groups in total. The molecule has 0 spiro atoms. The fourth-order valence-electron chi connectivity index (χ4n) is 11.3. The van der Waals surface area contributed by atoms with Gasteiger partial charge in [0.25, 0.3) is 0 Å². The lowest BCUT2D eigenvalue weighted by molar-refractivity contribution is -0.161. The molecule has 18 heteroatoms. The van der Waals surface area contributed by atoms with E-state index in [9.17, 15) is 43.5 Å². The highest BCUT2D eigenvalue weighted by molar-refractivity contribution is 7.47. The third-order valence-corrected chi connectivity index (χ3v) is 19.8. The van der Waals surface area contributed by atoms with E-state index >= 15 is 0 Å². The van der Waals surface area contributed by atoms with Crippen molar-refractivity contribution in [3.05, 3.63) is 170 Å². The lowest BCUT2D eigenvalue weighted by Crippen LogP contribution is -2.29. The van der Waals surface area contributed by atoms with Crippen LogP contribution in [0.2, 0.25) is 0 Å². The minimum Gasteiger partial charge on any atom is -0.463 e. The lowest BCUT2D eigenvalue weighted by atomic mass is 10.0. The topological polar surface area (TPSA) is 231 Å². The van der Waals surface area contributed by atoms with Crippen LogP contribution in [0.25, 0.3) is 0 Å². The fraction of sp³-hybridized carbons (Fsp3) is 0.667. The van der Waals surface area contributed by atoms with E-state index in [1.165, 1.54) is 141 Å². The summed E-state index contributed by atoms with van der Waals surface area (Å²) in [4.78, 5) is 58.8. The summed E-state index contributed by atoms with van der Waals surface area (Å²) in [5, 5.41) is 20.7. The Hall–Kier alpha value is -5.09. The molecule has 0 rings (SSSR count). The van der Waals surface area contributed by atoms with Crippen LogP contribution < -0.4 is 0 Å². The van der Waals surface area contributed by atoms with Crippen molar-refractivity contribution in [1.82, 2.24) is 0 Å². The molecule has 111 heavy (non-hydrogen) atoms. The SMILES string of the molecule is CC/C=C\C/C=C\C/C=C\C/C=C\C/C=C\C/C=C\CCC(=O)OC(COC(=O)CCCCCCCCC/C=C\C/C=C\C/C=C\C/C=C\CCCCC)COP(=O)(O)OCC(O)COP(=O)(O)OCC(O)COC(=O)CCCCCCCCCCCCCCCCCCC/C=C\C/C=C\C/C=C\C/C=C\CCCCC. The predicted molar refractivity (Wildman–Crippen MR) is 463 cm³/mol. The maximum atomic E-state index is 13.0. The molecule has 0 radical (unpaired) electrons. The molecule has 5 unspecified atom stereocenters. The molecule has 0 aromatic heterocycles. The maximum absolute atomic E-state index is 13.0. The molecule has 0 aromatic carbocycles. The van der Waals surface area contributed by atoms with Crippen molar-refractivity contribution in [2.24, 2.45) is 0 Å². The average molecular weight is 1590 g/mol. The Morgan fingerprint density at radius 3 is 0.793 bits per heavy atom. The summed E-state index contributed by atoms with van der Waals surface area (Å²) in [6.07, 6.45) is 109. The zero-order valence-electron chi connectivity index (χ0n) is 69.6. The first kappa shape index (κ1) is 106. The van der Waals surface area contributed by atoms with E-state index in [1.807, 2.05) is 18.2 Å². The minimum atomic E-state index is -4.96. The van der Waals surface area contributed by atoms with Gasteiger partial charge < -0.3 is 34.2 Å². The van der Waals surface area contributed by atoms with Gasteiger partial charge in [0.05, 0.1) is 26.4 Å². The summed E-state index contributed by atoms with van der Waals surface area (Å²) in [5.74, 6) is -1.69. The first-order valence-electron chi connectivity index (χ1n) is 43.4. The van der Waals surface area contributed by atoms with Gasteiger partial charge in [-0.25, -0.2) is 9.13 Å². The number of phosphoric ester groups is 2. The number of allylic oxidation sites excluding steroid dienone is 28. The number of rotatable bonds is 81. The number of esters is 3. The molecule has 0 fully saturated rings. The summed E-state index contributed by atoms with van der Waals surface area (Å²) in [6, 6.07) is 0. The van der Waals surface area contributed by atoms with Gasteiger partial charge in [0.1, 0.15) is 25.4 Å². The lowest BCUT2D eigenvalue weighted by Gasteiger charge is -2.21. The molecule has 0 bridgehead atoms. The van der Waals surface area contributed by atoms with Crippen molar-refractivity contribution in [1.29, 1.82) is 0 Å². The molecule has 5 atom stereocenters. The molecule has 0 aliphatic carbocycles.